The molecule has 0 radical (unpaired) electrons. The van der Waals surface area contributed by atoms with Crippen LogP contribution in [0.1, 0.15) is 33.3 Å². The Hall–Kier alpha value is -1.13. The smallest absolute Gasteiger partial charge is 0.123 e. The van der Waals surface area contributed by atoms with E-state index in [1.54, 1.807) is 12.1 Å². The summed E-state index contributed by atoms with van der Waals surface area (Å²) >= 11 is 0. The van der Waals surface area contributed by atoms with Crippen molar-refractivity contribution in [1.82, 2.24) is 5.32 Å². The van der Waals surface area contributed by atoms with E-state index in [9.17, 15) is 9.50 Å². The van der Waals surface area contributed by atoms with Crippen LogP contribution in [0.4, 0.5) is 10.1 Å². The van der Waals surface area contributed by atoms with Crippen LogP contribution in [0.2, 0.25) is 0 Å². The quantitative estimate of drug-likeness (QED) is 0.769. The molecule has 114 valence electrons. The Morgan fingerprint density at radius 2 is 1.95 bits per heavy atom. The predicted molar refractivity (Wildman–Crippen MR) is 82.5 cm³/mol. The maximum absolute atomic E-state index is 13.5. The molecule has 0 spiro atoms. The number of hydrogen-bond donors (Lipinski definition) is 2. The second-order valence-electron chi connectivity index (χ2n) is 5.81. The maximum atomic E-state index is 13.5. The van der Waals surface area contributed by atoms with Gasteiger partial charge in [0.25, 0.3) is 0 Å². The molecule has 0 unspecified atom stereocenters. The van der Waals surface area contributed by atoms with Crippen molar-refractivity contribution >= 4 is 5.69 Å². The molecule has 1 aromatic rings. The Kier molecular flexibility index (Phi) is 6.96. The third-order valence-electron chi connectivity index (χ3n) is 3.18. The Labute approximate surface area is 121 Å². The molecule has 0 amide bonds. The molecule has 4 heteroatoms. The molecule has 2 N–H and O–H groups in total. The SMILES string of the molecule is CC(C)CNCc1cc(F)ccc1N(CCO)C(C)C. The van der Waals surface area contributed by atoms with Gasteiger partial charge >= 0.3 is 0 Å². The third-order valence-corrected chi connectivity index (χ3v) is 3.18. The van der Waals surface area contributed by atoms with Crippen LogP contribution in [0.15, 0.2) is 18.2 Å². The van der Waals surface area contributed by atoms with E-state index >= 15 is 0 Å². The summed E-state index contributed by atoms with van der Waals surface area (Å²) in [6.45, 7) is 10.6. The van der Waals surface area contributed by atoms with Gasteiger partial charge < -0.3 is 15.3 Å². The summed E-state index contributed by atoms with van der Waals surface area (Å²) in [7, 11) is 0. The molecule has 0 saturated heterocycles. The number of halogens is 1. The number of benzene rings is 1. The lowest BCUT2D eigenvalue weighted by atomic mass is 10.1. The molecule has 0 aliphatic rings. The molecule has 0 aromatic heterocycles. The van der Waals surface area contributed by atoms with Crippen molar-refractivity contribution in [2.75, 3.05) is 24.6 Å². The van der Waals surface area contributed by atoms with Crippen molar-refractivity contribution < 1.29 is 9.50 Å². The van der Waals surface area contributed by atoms with Crippen molar-refractivity contribution in [1.29, 1.82) is 0 Å². The molecule has 0 bridgehead atoms. The minimum Gasteiger partial charge on any atom is -0.395 e. The van der Waals surface area contributed by atoms with Crippen molar-refractivity contribution in [3.63, 3.8) is 0 Å². The Morgan fingerprint density at radius 3 is 2.50 bits per heavy atom. The van der Waals surface area contributed by atoms with Gasteiger partial charge in [0.2, 0.25) is 0 Å². The summed E-state index contributed by atoms with van der Waals surface area (Å²) in [5.41, 5.74) is 1.93. The van der Waals surface area contributed by atoms with E-state index in [4.69, 9.17) is 0 Å². The first-order valence-electron chi connectivity index (χ1n) is 7.32. The third kappa shape index (κ3) is 5.10. The normalized spacial score (nSPS) is 11.4. The van der Waals surface area contributed by atoms with Crippen LogP contribution >= 0.6 is 0 Å². The summed E-state index contributed by atoms with van der Waals surface area (Å²) in [6, 6.07) is 5.12. The van der Waals surface area contributed by atoms with Crippen LogP contribution in [-0.4, -0.2) is 30.8 Å². The van der Waals surface area contributed by atoms with Gasteiger partial charge in [-0.1, -0.05) is 13.8 Å². The highest BCUT2D eigenvalue weighted by Crippen LogP contribution is 2.23. The van der Waals surface area contributed by atoms with E-state index in [0.29, 0.717) is 19.0 Å². The Bertz CT molecular complexity index is 407. The zero-order chi connectivity index (χ0) is 15.1. The lowest BCUT2D eigenvalue weighted by Crippen LogP contribution is -2.34. The summed E-state index contributed by atoms with van der Waals surface area (Å²) < 4.78 is 13.5. The van der Waals surface area contributed by atoms with Crippen molar-refractivity contribution in [2.45, 2.75) is 40.3 Å². The first-order valence-corrected chi connectivity index (χ1v) is 7.32. The average molecular weight is 282 g/mol. The van der Waals surface area contributed by atoms with Crippen LogP contribution in [-0.2, 0) is 6.54 Å². The first kappa shape index (κ1) is 16.9. The fourth-order valence-corrected chi connectivity index (χ4v) is 2.24. The minimum atomic E-state index is -0.220. The van der Waals surface area contributed by atoms with Gasteiger partial charge in [0.1, 0.15) is 5.82 Å². The highest BCUT2D eigenvalue weighted by molar-refractivity contribution is 5.54. The molecule has 0 saturated carbocycles. The number of aliphatic hydroxyl groups is 1. The summed E-state index contributed by atoms with van der Waals surface area (Å²) in [5.74, 6) is 0.341. The molecule has 1 aromatic carbocycles. The number of hydrogen-bond acceptors (Lipinski definition) is 3. The van der Waals surface area contributed by atoms with Gasteiger partial charge in [-0.2, -0.15) is 0 Å². The summed E-state index contributed by atoms with van der Waals surface area (Å²) in [6.07, 6.45) is 0. The van der Waals surface area contributed by atoms with Gasteiger partial charge in [0, 0.05) is 24.8 Å². The van der Waals surface area contributed by atoms with E-state index in [1.165, 1.54) is 6.07 Å². The molecular weight excluding hydrogens is 255 g/mol. The monoisotopic (exact) mass is 282 g/mol. The van der Waals surface area contributed by atoms with Crippen molar-refractivity contribution in [3.8, 4) is 0 Å². The number of rotatable bonds is 8. The topological polar surface area (TPSA) is 35.5 Å². The largest absolute Gasteiger partial charge is 0.395 e. The van der Waals surface area contributed by atoms with Gasteiger partial charge in [0.05, 0.1) is 6.61 Å². The second kappa shape index (κ2) is 8.22. The number of nitrogens with one attached hydrogen (secondary N) is 1. The number of aliphatic hydroxyl groups excluding tert-OH is 1. The lowest BCUT2D eigenvalue weighted by molar-refractivity contribution is 0.299. The van der Waals surface area contributed by atoms with E-state index in [-0.39, 0.29) is 18.5 Å². The molecule has 1 rings (SSSR count). The van der Waals surface area contributed by atoms with Gasteiger partial charge in [0.15, 0.2) is 0 Å². The molecule has 0 aliphatic carbocycles. The van der Waals surface area contributed by atoms with Crippen LogP contribution in [0.5, 0.6) is 0 Å². The maximum Gasteiger partial charge on any atom is 0.123 e. The molecule has 0 atom stereocenters. The van der Waals surface area contributed by atoms with Gasteiger partial charge in [-0.3, -0.25) is 0 Å². The highest BCUT2D eigenvalue weighted by Gasteiger charge is 2.14. The van der Waals surface area contributed by atoms with Gasteiger partial charge in [-0.25, -0.2) is 4.39 Å². The van der Waals surface area contributed by atoms with E-state index < -0.39 is 0 Å². The highest BCUT2D eigenvalue weighted by atomic mass is 19.1. The van der Waals surface area contributed by atoms with Crippen LogP contribution in [0, 0.1) is 11.7 Å². The molecule has 0 aliphatic heterocycles. The summed E-state index contributed by atoms with van der Waals surface area (Å²) in [5, 5.41) is 12.6. The molecular formula is C16H27FN2O. The predicted octanol–water partition coefficient (Wildman–Crippen LogP) is 2.78. The number of anilines is 1. The lowest BCUT2D eigenvalue weighted by Gasteiger charge is -2.30. The van der Waals surface area contributed by atoms with E-state index in [0.717, 1.165) is 17.8 Å². The van der Waals surface area contributed by atoms with Gasteiger partial charge in [-0.05, 0) is 50.1 Å². The zero-order valence-corrected chi connectivity index (χ0v) is 13.0. The molecule has 0 heterocycles. The van der Waals surface area contributed by atoms with Crippen LogP contribution in [0.3, 0.4) is 0 Å². The minimum absolute atomic E-state index is 0.0917. The number of nitrogens with zero attached hydrogens (tertiary/aromatic N) is 1. The second-order valence-corrected chi connectivity index (χ2v) is 5.81. The standard InChI is InChI=1S/C16H27FN2O/c1-12(2)10-18-11-14-9-15(17)5-6-16(14)19(7-8-20)13(3)4/h5-6,9,12-13,18,20H,7-8,10-11H2,1-4H3. The van der Waals surface area contributed by atoms with Crippen LogP contribution in [0.25, 0.3) is 0 Å². The van der Waals surface area contributed by atoms with Crippen LogP contribution < -0.4 is 10.2 Å². The zero-order valence-electron chi connectivity index (χ0n) is 13.0. The average Bonchev–Trinajstić information content (AvgIpc) is 2.36. The fourth-order valence-electron chi connectivity index (χ4n) is 2.24. The van der Waals surface area contributed by atoms with Crippen molar-refractivity contribution in [3.05, 3.63) is 29.6 Å². The summed E-state index contributed by atoms with van der Waals surface area (Å²) in [4.78, 5) is 2.10. The molecule has 3 nitrogen and oxygen atoms in total. The first-order chi connectivity index (χ1) is 9.45. The van der Waals surface area contributed by atoms with Gasteiger partial charge in [-0.15, -0.1) is 0 Å². The van der Waals surface area contributed by atoms with E-state index in [1.807, 2.05) is 0 Å². The molecule has 0 fully saturated rings. The van der Waals surface area contributed by atoms with E-state index in [2.05, 4.69) is 37.9 Å². The Balaban J connectivity index is 2.92. The Morgan fingerprint density at radius 1 is 1.25 bits per heavy atom. The fraction of sp³-hybridized carbons (Fsp3) is 0.625. The van der Waals surface area contributed by atoms with Crippen molar-refractivity contribution in [2.24, 2.45) is 5.92 Å². The molecule has 20 heavy (non-hydrogen) atoms.